The first-order valence-electron chi connectivity index (χ1n) is 8.07. The number of aliphatic hydroxyl groups excluding tert-OH is 1. The lowest BCUT2D eigenvalue weighted by Crippen LogP contribution is -2.25. The summed E-state index contributed by atoms with van der Waals surface area (Å²) in [6, 6.07) is 12.7. The molecule has 0 heterocycles. The maximum absolute atomic E-state index is 11.7. The third kappa shape index (κ3) is 6.87. The van der Waals surface area contributed by atoms with Crippen LogP contribution < -0.4 is 14.2 Å². The molecule has 27 heavy (non-hydrogen) atoms. The summed E-state index contributed by atoms with van der Waals surface area (Å²) in [5.74, 6) is 1.19. The molecule has 0 spiro atoms. The van der Waals surface area contributed by atoms with E-state index in [2.05, 4.69) is 0 Å². The molecule has 2 aromatic carbocycles. The molecule has 0 radical (unpaired) electrons. The van der Waals surface area contributed by atoms with E-state index in [4.69, 9.17) is 28.8 Å². The van der Waals surface area contributed by atoms with E-state index in [9.17, 15) is 9.59 Å². The standard InChI is InChI=1S/C19H20O8/c1-13(25-19(22)27-16-5-3-14(11-20)4-6-16)12-24-18(21)26-17-9-7-15(23-2)8-10-17/h3-10,13,20H,11-12H2,1-2H3. The SMILES string of the molecule is COc1ccc(OC(=O)OCC(C)OC(=O)Oc2ccc(CO)cc2)cc1. The predicted molar refractivity (Wildman–Crippen MR) is 93.9 cm³/mol. The summed E-state index contributed by atoms with van der Waals surface area (Å²) in [4.78, 5) is 23.3. The van der Waals surface area contributed by atoms with Gasteiger partial charge in [0.2, 0.25) is 0 Å². The molecule has 0 aliphatic rings. The van der Waals surface area contributed by atoms with Crippen LogP contribution in [0.25, 0.3) is 0 Å². The van der Waals surface area contributed by atoms with Gasteiger partial charge in [-0.2, -0.15) is 0 Å². The highest BCUT2D eigenvalue weighted by Crippen LogP contribution is 2.17. The van der Waals surface area contributed by atoms with Crippen LogP contribution in [-0.2, 0) is 16.1 Å². The molecule has 0 aliphatic heterocycles. The second kappa shape index (κ2) is 10.0. The molecule has 1 N–H and O–H groups in total. The van der Waals surface area contributed by atoms with Crippen molar-refractivity contribution in [2.24, 2.45) is 0 Å². The third-order valence-corrected chi connectivity index (χ3v) is 3.30. The minimum absolute atomic E-state index is 0.105. The van der Waals surface area contributed by atoms with Crippen LogP contribution in [0.1, 0.15) is 12.5 Å². The van der Waals surface area contributed by atoms with Crippen molar-refractivity contribution >= 4 is 12.3 Å². The lowest BCUT2D eigenvalue weighted by molar-refractivity contribution is 0.0184. The molecule has 0 saturated heterocycles. The van der Waals surface area contributed by atoms with Crippen LogP contribution in [0.4, 0.5) is 9.59 Å². The summed E-state index contributed by atoms with van der Waals surface area (Å²) < 4.78 is 24.8. The first-order valence-corrected chi connectivity index (χ1v) is 8.07. The van der Waals surface area contributed by atoms with Crippen molar-refractivity contribution in [1.82, 2.24) is 0 Å². The number of carbonyl (C=O) groups excluding carboxylic acids is 2. The van der Waals surface area contributed by atoms with Gasteiger partial charge in [-0.3, -0.25) is 0 Å². The van der Waals surface area contributed by atoms with Gasteiger partial charge in [-0.15, -0.1) is 0 Å². The summed E-state index contributed by atoms with van der Waals surface area (Å²) in [5, 5.41) is 8.96. The van der Waals surface area contributed by atoms with Crippen LogP contribution in [0.2, 0.25) is 0 Å². The molecule has 1 atom stereocenters. The second-order valence-corrected chi connectivity index (χ2v) is 5.42. The number of benzene rings is 2. The molecule has 144 valence electrons. The molecule has 8 nitrogen and oxygen atoms in total. The van der Waals surface area contributed by atoms with E-state index in [0.717, 1.165) is 0 Å². The van der Waals surface area contributed by atoms with Crippen LogP contribution in [0.3, 0.4) is 0 Å². The van der Waals surface area contributed by atoms with E-state index < -0.39 is 18.4 Å². The average molecular weight is 376 g/mol. The van der Waals surface area contributed by atoms with Gasteiger partial charge in [-0.1, -0.05) is 12.1 Å². The van der Waals surface area contributed by atoms with E-state index in [1.807, 2.05) is 0 Å². The van der Waals surface area contributed by atoms with Gasteiger partial charge in [0.1, 0.15) is 30.0 Å². The number of hydrogen-bond acceptors (Lipinski definition) is 8. The third-order valence-electron chi connectivity index (χ3n) is 3.30. The summed E-state index contributed by atoms with van der Waals surface area (Å²) >= 11 is 0. The summed E-state index contributed by atoms with van der Waals surface area (Å²) in [6.45, 7) is 1.23. The molecule has 2 rings (SSSR count). The molecular formula is C19H20O8. The summed E-state index contributed by atoms with van der Waals surface area (Å²) in [7, 11) is 1.53. The number of methoxy groups -OCH3 is 1. The Kier molecular flexibility index (Phi) is 7.45. The smallest absolute Gasteiger partial charge is 0.497 e. The minimum atomic E-state index is -0.939. The fourth-order valence-corrected chi connectivity index (χ4v) is 1.94. The zero-order chi connectivity index (χ0) is 19.6. The molecule has 1 unspecified atom stereocenters. The molecule has 0 aliphatic carbocycles. The van der Waals surface area contributed by atoms with Gasteiger partial charge in [0.15, 0.2) is 0 Å². The highest BCUT2D eigenvalue weighted by atomic mass is 16.8. The number of hydrogen-bond donors (Lipinski definition) is 1. The maximum Gasteiger partial charge on any atom is 0.514 e. The fourth-order valence-electron chi connectivity index (χ4n) is 1.94. The molecule has 0 bridgehead atoms. The zero-order valence-corrected chi connectivity index (χ0v) is 14.9. The van der Waals surface area contributed by atoms with Crippen molar-refractivity contribution in [3.63, 3.8) is 0 Å². The number of aliphatic hydroxyl groups is 1. The Morgan fingerprint density at radius 2 is 1.41 bits per heavy atom. The Morgan fingerprint density at radius 3 is 1.96 bits per heavy atom. The average Bonchev–Trinajstić information content (AvgIpc) is 2.67. The van der Waals surface area contributed by atoms with Crippen LogP contribution in [0.5, 0.6) is 17.2 Å². The highest BCUT2D eigenvalue weighted by Gasteiger charge is 2.15. The Bertz CT molecular complexity index is 739. The van der Waals surface area contributed by atoms with Crippen LogP contribution in [0, 0.1) is 0 Å². The van der Waals surface area contributed by atoms with E-state index in [1.165, 1.54) is 26.2 Å². The van der Waals surface area contributed by atoms with Crippen molar-refractivity contribution in [1.29, 1.82) is 0 Å². The monoisotopic (exact) mass is 376 g/mol. The van der Waals surface area contributed by atoms with E-state index in [0.29, 0.717) is 17.1 Å². The number of rotatable bonds is 7. The first-order chi connectivity index (χ1) is 13.0. The topological polar surface area (TPSA) is 101 Å². The Morgan fingerprint density at radius 1 is 0.889 bits per heavy atom. The van der Waals surface area contributed by atoms with Crippen LogP contribution in [0.15, 0.2) is 48.5 Å². The van der Waals surface area contributed by atoms with Gasteiger partial charge in [0.25, 0.3) is 0 Å². The van der Waals surface area contributed by atoms with Crippen molar-refractivity contribution in [3.8, 4) is 17.2 Å². The largest absolute Gasteiger partial charge is 0.514 e. The predicted octanol–water partition coefficient (Wildman–Crippen LogP) is 3.31. The minimum Gasteiger partial charge on any atom is -0.497 e. The van der Waals surface area contributed by atoms with Gasteiger partial charge < -0.3 is 28.8 Å². The lowest BCUT2D eigenvalue weighted by atomic mass is 10.2. The molecular weight excluding hydrogens is 356 g/mol. The summed E-state index contributed by atoms with van der Waals surface area (Å²) in [6.07, 6.45) is -2.60. The molecule has 0 amide bonds. The molecule has 0 fully saturated rings. The highest BCUT2D eigenvalue weighted by molar-refractivity contribution is 5.65. The zero-order valence-electron chi connectivity index (χ0n) is 14.9. The number of ether oxygens (including phenoxy) is 5. The van der Waals surface area contributed by atoms with Gasteiger partial charge in [0.05, 0.1) is 13.7 Å². The molecule has 2 aromatic rings. The van der Waals surface area contributed by atoms with Gasteiger partial charge in [0, 0.05) is 0 Å². The molecule has 0 saturated carbocycles. The van der Waals surface area contributed by atoms with E-state index in [-0.39, 0.29) is 19.0 Å². The Labute approximate surface area is 156 Å². The lowest BCUT2D eigenvalue weighted by Gasteiger charge is -2.13. The quantitative estimate of drug-likeness (QED) is 0.580. The number of carbonyl (C=O) groups is 2. The van der Waals surface area contributed by atoms with E-state index in [1.54, 1.807) is 36.4 Å². The van der Waals surface area contributed by atoms with Crippen molar-refractivity contribution in [3.05, 3.63) is 54.1 Å². The van der Waals surface area contributed by atoms with Crippen molar-refractivity contribution in [2.45, 2.75) is 19.6 Å². The second-order valence-electron chi connectivity index (χ2n) is 5.42. The maximum atomic E-state index is 11.7. The van der Waals surface area contributed by atoms with Gasteiger partial charge in [-0.25, -0.2) is 9.59 Å². The van der Waals surface area contributed by atoms with Gasteiger partial charge in [-0.05, 0) is 48.9 Å². The van der Waals surface area contributed by atoms with Crippen LogP contribution >= 0.6 is 0 Å². The fraction of sp³-hybridized carbons (Fsp3) is 0.263. The van der Waals surface area contributed by atoms with Crippen molar-refractivity contribution < 1.29 is 38.4 Å². The van der Waals surface area contributed by atoms with Crippen molar-refractivity contribution in [2.75, 3.05) is 13.7 Å². The molecule has 0 aromatic heterocycles. The van der Waals surface area contributed by atoms with Crippen LogP contribution in [-0.4, -0.2) is 37.2 Å². The molecule has 8 heteroatoms. The Hall–Kier alpha value is -3.26. The Balaban J connectivity index is 1.71. The first kappa shape index (κ1) is 20.1. The normalized spacial score (nSPS) is 11.2. The van der Waals surface area contributed by atoms with Gasteiger partial charge >= 0.3 is 12.3 Å². The van der Waals surface area contributed by atoms with E-state index >= 15 is 0 Å². The summed E-state index contributed by atoms with van der Waals surface area (Å²) in [5.41, 5.74) is 0.688.